The van der Waals surface area contributed by atoms with Gasteiger partial charge < -0.3 is 5.11 Å². The second-order valence-corrected chi connectivity index (χ2v) is 4.70. The average Bonchev–Trinajstić information content (AvgIpc) is 2.52. The fourth-order valence-corrected chi connectivity index (χ4v) is 2.21. The Hall–Kier alpha value is -0.260. The molecule has 1 N–H and O–H groups in total. The van der Waals surface area contributed by atoms with Gasteiger partial charge in [0.05, 0.1) is 10.7 Å². The summed E-state index contributed by atoms with van der Waals surface area (Å²) in [5.41, 5.74) is 0.889. The Morgan fingerprint density at radius 3 is 2.47 bits per heavy atom. The Morgan fingerprint density at radius 1 is 1.37 bits per heavy atom. The van der Waals surface area contributed by atoms with Crippen LogP contribution < -0.4 is 0 Å². The number of halogens is 2. The number of carbonyl (C=O) groups excluding carboxylic acids is 1. The first-order valence-corrected chi connectivity index (χ1v) is 5.89. The Bertz CT molecular complexity index is 641. The number of hydrogen-bond donors (Lipinski definition) is 1. The predicted molar refractivity (Wildman–Crippen MR) is 78.0 cm³/mol. The van der Waals surface area contributed by atoms with E-state index in [2.05, 4.69) is 5.10 Å². The molecule has 0 aliphatic carbocycles. The minimum absolute atomic E-state index is 0. The molecule has 0 saturated heterocycles. The zero-order valence-electron chi connectivity index (χ0n) is 9.74. The van der Waals surface area contributed by atoms with Crippen molar-refractivity contribution in [3.8, 4) is 5.88 Å². The maximum atomic E-state index is 12.3. The molecule has 19 heavy (non-hydrogen) atoms. The molecule has 4 nitrogen and oxygen atoms in total. The van der Waals surface area contributed by atoms with E-state index in [1.54, 1.807) is 20.0 Å². The van der Waals surface area contributed by atoms with Crippen molar-refractivity contribution in [3.63, 3.8) is 0 Å². The molecule has 1 aromatic carbocycles. The van der Waals surface area contributed by atoms with Crippen LogP contribution in [0.15, 0.2) is 18.2 Å². The van der Waals surface area contributed by atoms with Crippen LogP contribution in [-0.2, 0) is 7.05 Å². The summed E-state index contributed by atoms with van der Waals surface area (Å²) in [6.07, 6.45) is 0. The summed E-state index contributed by atoms with van der Waals surface area (Å²) in [5.74, 6) is -0.553. The van der Waals surface area contributed by atoms with Crippen molar-refractivity contribution >= 4 is 66.7 Å². The van der Waals surface area contributed by atoms with E-state index in [1.165, 1.54) is 16.8 Å². The number of hydrogen-bond acceptors (Lipinski definition) is 3. The summed E-state index contributed by atoms with van der Waals surface area (Å²) in [6.45, 7) is 1.65. The Balaban J connectivity index is 0.00000180. The van der Waals surface area contributed by atoms with Crippen LogP contribution in [0.25, 0.3) is 0 Å². The number of ketones is 1. The van der Waals surface area contributed by atoms with Gasteiger partial charge in [0.2, 0.25) is 11.7 Å². The summed E-state index contributed by atoms with van der Waals surface area (Å²) >= 11 is 11.7. The Morgan fingerprint density at radius 2 is 2.00 bits per heavy atom. The van der Waals surface area contributed by atoms with Gasteiger partial charge in [-0.3, -0.25) is 4.79 Å². The first-order valence-electron chi connectivity index (χ1n) is 5.14. The van der Waals surface area contributed by atoms with Gasteiger partial charge in [0.1, 0.15) is 5.56 Å². The van der Waals surface area contributed by atoms with Crippen molar-refractivity contribution in [1.29, 1.82) is 0 Å². The van der Waals surface area contributed by atoms with Gasteiger partial charge in [-0.1, -0.05) is 23.2 Å². The van der Waals surface area contributed by atoms with Crippen LogP contribution in [0.2, 0.25) is 10.0 Å². The van der Waals surface area contributed by atoms with Gasteiger partial charge in [0.15, 0.2) is 0 Å². The van der Waals surface area contributed by atoms with Gasteiger partial charge in [0, 0.05) is 17.6 Å². The minimum atomic E-state index is -0.375. The van der Waals surface area contributed by atoms with Gasteiger partial charge in [-0.25, -0.2) is 4.68 Å². The Kier molecular flexibility index (Phi) is 5.71. The summed E-state index contributed by atoms with van der Waals surface area (Å²) in [7, 11) is 1.56. The van der Waals surface area contributed by atoms with E-state index in [0.717, 1.165) is 0 Å². The molecule has 0 bridgehead atoms. The quantitative estimate of drug-likeness (QED) is 0.678. The molecule has 0 radical (unpaired) electrons. The van der Waals surface area contributed by atoms with Gasteiger partial charge in [-0.2, -0.15) is 5.10 Å². The molecule has 0 aliphatic heterocycles. The molecule has 0 aliphatic rings. The first-order chi connectivity index (χ1) is 8.41. The summed E-state index contributed by atoms with van der Waals surface area (Å²) in [4.78, 5) is 12.3. The second-order valence-electron chi connectivity index (χ2n) is 3.86. The number of nitrogens with zero attached hydrogens (tertiary/aromatic N) is 2. The van der Waals surface area contributed by atoms with Gasteiger partial charge in [-0.05, 0) is 25.1 Å². The molecular weight excluding hydrogens is 315 g/mol. The van der Waals surface area contributed by atoms with E-state index >= 15 is 0 Å². The van der Waals surface area contributed by atoms with Crippen molar-refractivity contribution in [2.24, 2.45) is 7.05 Å². The van der Waals surface area contributed by atoms with Crippen LogP contribution in [0.4, 0.5) is 0 Å². The van der Waals surface area contributed by atoms with E-state index in [4.69, 9.17) is 23.2 Å². The maximum absolute atomic E-state index is 12.3. The number of rotatable bonds is 2. The molecule has 7 heteroatoms. The molecule has 1 aromatic heterocycles. The van der Waals surface area contributed by atoms with Gasteiger partial charge >= 0.3 is 37.7 Å². The predicted octanol–water partition coefficient (Wildman–Crippen LogP) is 2.06. The van der Waals surface area contributed by atoms with Crippen molar-refractivity contribution in [2.45, 2.75) is 6.92 Å². The number of aryl methyl sites for hydroxylation is 2. The van der Waals surface area contributed by atoms with Gasteiger partial charge in [-0.15, -0.1) is 0 Å². The molecule has 0 saturated carbocycles. The van der Waals surface area contributed by atoms with Crippen LogP contribution in [0.1, 0.15) is 21.6 Å². The second kappa shape index (κ2) is 6.46. The first kappa shape index (κ1) is 16.8. The van der Waals surface area contributed by atoms with E-state index < -0.39 is 0 Å². The SMILES string of the molecule is Cc1nn(C)c(O)c1C(=O)c1ccc(Cl)cc1Cl.[CaH2]. The Labute approximate surface area is 150 Å². The van der Waals surface area contributed by atoms with Crippen LogP contribution in [0.5, 0.6) is 5.88 Å². The molecule has 2 rings (SSSR count). The fraction of sp³-hybridized carbons (Fsp3) is 0.167. The van der Waals surface area contributed by atoms with Crippen LogP contribution in [0.3, 0.4) is 0 Å². The third kappa shape index (κ3) is 3.26. The average molecular weight is 327 g/mol. The van der Waals surface area contributed by atoms with Crippen LogP contribution in [-0.4, -0.2) is 58.4 Å². The summed E-state index contributed by atoms with van der Waals surface area (Å²) in [6, 6.07) is 4.58. The number of aromatic hydroxyl groups is 1. The summed E-state index contributed by atoms with van der Waals surface area (Å²) < 4.78 is 1.24. The molecule has 0 fully saturated rings. The fourth-order valence-electron chi connectivity index (χ4n) is 1.72. The number of benzene rings is 1. The number of aromatic nitrogens is 2. The van der Waals surface area contributed by atoms with Crippen molar-refractivity contribution in [1.82, 2.24) is 9.78 Å². The van der Waals surface area contributed by atoms with Crippen molar-refractivity contribution in [2.75, 3.05) is 0 Å². The van der Waals surface area contributed by atoms with Crippen LogP contribution in [0, 0.1) is 6.92 Å². The molecular formula is C12H12CaCl2N2O2. The third-order valence-electron chi connectivity index (χ3n) is 2.59. The monoisotopic (exact) mass is 326 g/mol. The van der Waals surface area contributed by atoms with E-state index in [1.807, 2.05) is 0 Å². The van der Waals surface area contributed by atoms with Crippen LogP contribution >= 0.6 is 23.2 Å². The third-order valence-corrected chi connectivity index (χ3v) is 3.14. The molecule has 2 aromatic rings. The molecule has 0 unspecified atom stereocenters. The normalized spacial score (nSPS) is 10.1. The molecule has 0 amide bonds. The number of carbonyl (C=O) groups is 1. The molecule has 0 spiro atoms. The zero-order chi connectivity index (χ0) is 13.4. The van der Waals surface area contributed by atoms with Crippen molar-refractivity contribution in [3.05, 3.63) is 45.1 Å². The van der Waals surface area contributed by atoms with Gasteiger partial charge in [0.25, 0.3) is 0 Å². The topological polar surface area (TPSA) is 55.1 Å². The molecule has 98 valence electrons. The molecule has 1 heterocycles. The van der Waals surface area contributed by atoms with E-state index in [-0.39, 0.29) is 65.6 Å². The molecule has 0 atom stereocenters. The van der Waals surface area contributed by atoms with E-state index in [9.17, 15) is 9.90 Å². The summed E-state index contributed by atoms with van der Waals surface area (Å²) in [5, 5.41) is 14.5. The van der Waals surface area contributed by atoms with Crippen molar-refractivity contribution < 1.29 is 9.90 Å². The van der Waals surface area contributed by atoms with E-state index in [0.29, 0.717) is 10.7 Å². The zero-order valence-corrected chi connectivity index (χ0v) is 11.2. The standard InChI is InChI=1S/C12H10Cl2N2O2.Ca.2H/c1-6-10(12(18)16(2)15-6)11(17)8-4-3-7(13)5-9(8)14;;;/h3-5,18H,1-2H3;;;.